The van der Waals surface area contributed by atoms with Crippen LogP contribution in [0.25, 0.3) is 16.8 Å². The van der Waals surface area contributed by atoms with Gasteiger partial charge in [-0.3, -0.25) is 4.79 Å². The number of fused-ring (bicyclic) bond motifs is 1. The summed E-state index contributed by atoms with van der Waals surface area (Å²) in [4.78, 5) is 16.9. The van der Waals surface area contributed by atoms with Gasteiger partial charge in [-0.25, -0.2) is 4.52 Å². The average Bonchev–Trinajstić information content (AvgIpc) is 3.27. The number of nitrogens with one attached hydrogen (secondary N) is 2. The summed E-state index contributed by atoms with van der Waals surface area (Å²) in [6.07, 6.45) is 1.84. The number of benzene rings is 2. The number of anilines is 2. The minimum Gasteiger partial charge on any atom is -0.350 e. The van der Waals surface area contributed by atoms with Crippen molar-refractivity contribution in [2.45, 2.75) is 47.1 Å². The van der Waals surface area contributed by atoms with Crippen LogP contribution in [0.2, 0.25) is 5.02 Å². The molecule has 8 heteroatoms. The molecule has 0 unspecified atom stereocenters. The first kappa shape index (κ1) is 27.8. The van der Waals surface area contributed by atoms with E-state index in [4.69, 9.17) is 17.3 Å². The summed E-state index contributed by atoms with van der Waals surface area (Å²) >= 11 is 6.15. The van der Waals surface area contributed by atoms with Crippen LogP contribution in [0.15, 0.2) is 66.9 Å². The number of pyridine rings is 1. The highest BCUT2D eigenvalue weighted by Gasteiger charge is 2.14. The molecule has 0 atom stereocenters. The van der Waals surface area contributed by atoms with E-state index in [1.807, 2.05) is 96.3 Å². The van der Waals surface area contributed by atoms with Crippen molar-refractivity contribution in [1.82, 2.24) is 19.9 Å². The number of aromatic nitrogens is 3. The van der Waals surface area contributed by atoms with Gasteiger partial charge in [0, 0.05) is 40.1 Å². The Bertz CT molecular complexity index is 1230. The lowest BCUT2D eigenvalue weighted by molar-refractivity contribution is 0.0946. The van der Waals surface area contributed by atoms with Crippen molar-refractivity contribution >= 4 is 34.8 Å². The van der Waals surface area contributed by atoms with Crippen molar-refractivity contribution in [3.8, 4) is 11.1 Å². The fraction of sp³-hybridized carbons (Fsp3) is 0.296. The van der Waals surface area contributed by atoms with Crippen LogP contribution >= 0.6 is 11.6 Å². The number of carbonyl (C=O) groups is 1. The first-order valence-corrected chi connectivity index (χ1v) is 12.2. The van der Waals surface area contributed by atoms with Gasteiger partial charge in [-0.15, -0.1) is 5.10 Å². The second kappa shape index (κ2) is 12.9. The number of hydrogen-bond donors (Lipinski definition) is 3. The lowest BCUT2D eigenvalue weighted by Crippen LogP contribution is -2.45. The van der Waals surface area contributed by atoms with Gasteiger partial charge in [-0.05, 0) is 67.9 Å². The molecule has 0 bridgehead atoms. The van der Waals surface area contributed by atoms with Gasteiger partial charge >= 0.3 is 0 Å². The first-order valence-electron chi connectivity index (χ1n) is 11.8. The van der Waals surface area contributed by atoms with Gasteiger partial charge in [-0.1, -0.05) is 51.4 Å². The molecular weight excluding hydrogens is 460 g/mol. The molecule has 7 nitrogen and oxygen atoms in total. The molecule has 0 radical (unpaired) electrons. The molecule has 0 aliphatic carbocycles. The summed E-state index contributed by atoms with van der Waals surface area (Å²) in [6.45, 7) is 12.1. The molecule has 4 rings (SSSR count). The molecule has 0 aliphatic heterocycles. The number of hydrogen-bond acceptors (Lipinski definition) is 5. The fourth-order valence-corrected chi connectivity index (χ4v) is 3.27. The number of amides is 1. The largest absolute Gasteiger partial charge is 0.350 e. The Labute approximate surface area is 212 Å². The summed E-state index contributed by atoms with van der Waals surface area (Å²) in [6, 6.07) is 18.6. The molecule has 0 spiro atoms. The lowest BCUT2D eigenvalue weighted by Gasteiger charge is -2.18. The standard InChI is InChI=1S/C23H23ClN6O.2C2H6/c1-23(2,25)14-26-21(31)15-8-10-18(11-9-15)27-22-28-20-19(7-4-12-30(20)29-22)16-5-3-6-17(24)13-16;2*1-2/h3-13H,14,25H2,1-2H3,(H,26,31)(H,27,29);2*1-2H3. The Hall–Kier alpha value is -3.42. The Morgan fingerprint density at radius 2 is 1.71 bits per heavy atom. The van der Waals surface area contributed by atoms with Crippen molar-refractivity contribution in [1.29, 1.82) is 0 Å². The Balaban J connectivity index is 0.00000103. The smallest absolute Gasteiger partial charge is 0.251 e. The zero-order valence-electron chi connectivity index (χ0n) is 21.3. The molecule has 35 heavy (non-hydrogen) atoms. The Kier molecular flexibility index (Phi) is 10.2. The Morgan fingerprint density at radius 1 is 1.03 bits per heavy atom. The molecule has 2 aromatic heterocycles. The normalized spacial score (nSPS) is 10.5. The molecule has 4 aromatic rings. The van der Waals surface area contributed by atoms with E-state index in [-0.39, 0.29) is 5.91 Å². The van der Waals surface area contributed by atoms with Gasteiger partial charge in [0.05, 0.1) is 0 Å². The van der Waals surface area contributed by atoms with Crippen LogP contribution < -0.4 is 16.4 Å². The molecule has 0 aliphatic rings. The molecule has 4 N–H and O–H groups in total. The van der Waals surface area contributed by atoms with Crippen LogP contribution in [0, 0.1) is 0 Å². The third-order valence-corrected chi connectivity index (χ3v) is 4.84. The van der Waals surface area contributed by atoms with Gasteiger partial charge in [0.25, 0.3) is 5.91 Å². The SMILES string of the molecule is CC.CC.CC(C)(N)CNC(=O)c1ccc(Nc2nc3c(-c4cccc(Cl)c4)cccn3n2)cc1. The molecule has 0 saturated heterocycles. The van der Waals surface area contributed by atoms with Gasteiger partial charge in [0.1, 0.15) is 0 Å². The molecule has 186 valence electrons. The van der Waals surface area contributed by atoms with Crippen LogP contribution in [-0.2, 0) is 0 Å². The molecule has 2 aromatic carbocycles. The second-order valence-electron chi connectivity index (χ2n) is 8.01. The topological polar surface area (TPSA) is 97.3 Å². The van der Waals surface area contributed by atoms with Crippen molar-refractivity contribution < 1.29 is 4.79 Å². The average molecular weight is 495 g/mol. The highest BCUT2D eigenvalue weighted by Crippen LogP contribution is 2.27. The van der Waals surface area contributed by atoms with Crippen LogP contribution in [-0.4, -0.2) is 32.6 Å². The summed E-state index contributed by atoms with van der Waals surface area (Å²) in [5.74, 6) is 0.290. The van der Waals surface area contributed by atoms with Crippen molar-refractivity contribution in [2.75, 3.05) is 11.9 Å². The van der Waals surface area contributed by atoms with E-state index in [0.717, 1.165) is 16.8 Å². The molecule has 2 heterocycles. The zero-order chi connectivity index (χ0) is 26.0. The van der Waals surface area contributed by atoms with Crippen LogP contribution in [0.4, 0.5) is 11.6 Å². The van der Waals surface area contributed by atoms with Gasteiger partial charge in [-0.2, -0.15) is 4.98 Å². The summed E-state index contributed by atoms with van der Waals surface area (Å²) in [5.41, 5.74) is 9.39. The van der Waals surface area contributed by atoms with Crippen molar-refractivity contribution in [3.05, 3.63) is 77.4 Å². The molecule has 0 saturated carbocycles. The van der Waals surface area contributed by atoms with E-state index in [9.17, 15) is 4.79 Å². The van der Waals surface area contributed by atoms with Gasteiger partial charge in [0.15, 0.2) is 5.65 Å². The third kappa shape index (κ3) is 7.80. The lowest BCUT2D eigenvalue weighted by atomic mass is 10.1. The summed E-state index contributed by atoms with van der Waals surface area (Å²) in [7, 11) is 0. The van der Waals surface area contributed by atoms with E-state index < -0.39 is 5.54 Å². The zero-order valence-corrected chi connectivity index (χ0v) is 22.0. The number of nitrogens with two attached hydrogens (primary N) is 1. The van der Waals surface area contributed by atoms with Crippen LogP contribution in [0.1, 0.15) is 51.9 Å². The van der Waals surface area contributed by atoms with Crippen molar-refractivity contribution in [2.24, 2.45) is 5.73 Å². The maximum Gasteiger partial charge on any atom is 0.251 e. The van der Waals surface area contributed by atoms with E-state index in [1.54, 1.807) is 16.6 Å². The summed E-state index contributed by atoms with van der Waals surface area (Å²) < 4.78 is 1.72. The molecule has 0 fully saturated rings. The number of nitrogens with zero attached hydrogens (tertiary/aromatic N) is 3. The maximum atomic E-state index is 12.3. The predicted molar refractivity (Wildman–Crippen MR) is 146 cm³/mol. The van der Waals surface area contributed by atoms with Crippen LogP contribution in [0.3, 0.4) is 0 Å². The number of carbonyl (C=O) groups excluding carboxylic acids is 1. The van der Waals surface area contributed by atoms with E-state index in [1.165, 1.54) is 0 Å². The van der Waals surface area contributed by atoms with E-state index in [0.29, 0.717) is 28.7 Å². The Morgan fingerprint density at radius 3 is 2.34 bits per heavy atom. The van der Waals surface area contributed by atoms with E-state index in [2.05, 4.69) is 20.7 Å². The van der Waals surface area contributed by atoms with Gasteiger partial charge in [0.2, 0.25) is 5.95 Å². The minimum absolute atomic E-state index is 0.165. The van der Waals surface area contributed by atoms with E-state index >= 15 is 0 Å². The quantitative estimate of drug-likeness (QED) is 0.291. The predicted octanol–water partition coefficient (Wildman–Crippen LogP) is 6.31. The minimum atomic E-state index is -0.462. The highest BCUT2D eigenvalue weighted by atomic mass is 35.5. The number of rotatable bonds is 6. The fourth-order valence-electron chi connectivity index (χ4n) is 3.08. The molecule has 1 amide bonds. The first-order chi connectivity index (χ1) is 16.8. The monoisotopic (exact) mass is 494 g/mol. The highest BCUT2D eigenvalue weighted by molar-refractivity contribution is 6.30. The van der Waals surface area contributed by atoms with Gasteiger partial charge < -0.3 is 16.4 Å². The molecular formula is C27H35ClN6O. The summed E-state index contributed by atoms with van der Waals surface area (Å²) in [5, 5.41) is 11.2. The van der Waals surface area contributed by atoms with Crippen LogP contribution in [0.5, 0.6) is 0 Å². The van der Waals surface area contributed by atoms with Crippen molar-refractivity contribution in [3.63, 3.8) is 0 Å². The third-order valence-electron chi connectivity index (χ3n) is 4.61. The maximum absolute atomic E-state index is 12.3. The number of halogens is 1. The second-order valence-corrected chi connectivity index (χ2v) is 8.45.